The van der Waals surface area contributed by atoms with Crippen LogP contribution in [0.25, 0.3) is 11.0 Å². The Balaban J connectivity index is 1.50. The third-order valence-corrected chi connectivity index (χ3v) is 3.56. The Morgan fingerprint density at radius 1 is 1.37 bits per heavy atom. The van der Waals surface area contributed by atoms with Crippen molar-refractivity contribution >= 4 is 22.7 Å². The zero-order chi connectivity index (χ0) is 13.1. The van der Waals surface area contributed by atoms with Gasteiger partial charge in [0.1, 0.15) is 0 Å². The number of anilines is 2. The van der Waals surface area contributed by atoms with Gasteiger partial charge >= 0.3 is 0 Å². The lowest BCUT2D eigenvalue weighted by molar-refractivity contribution is 0.0658. The van der Waals surface area contributed by atoms with Crippen LogP contribution in [0.1, 0.15) is 25.7 Å². The van der Waals surface area contributed by atoms with Crippen molar-refractivity contribution < 1.29 is 4.74 Å². The SMILES string of the molecule is Nc1ccc2nc(NCCOC3CCCC3)[nH]c2c1. The molecule has 3 rings (SSSR count). The fourth-order valence-electron chi connectivity index (χ4n) is 2.56. The van der Waals surface area contributed by atoms with Gasteiger partial charge < -0.3 is 20.8 Å². The van der Waals surface area contributed by atoms with Gasteiger partial charge in [0.25, 0.3) is 0 Å². The average Bonchev–Trinajstić information content (AvgIpc) is 3.02. The fourth-order valence-corrected chi connectivity index (χ4v) is 2.56. The van der Waals surface area contributed by atoms with Crippen LogP contribution in [0.4, 0.5) is 11.6 Å². The molecule has 5 nitrogen and oxygen atoms in total. The number of fused-ring (bicyclic) bond motifs is 1. The average molecular weight is 260 g/mol. The number of H-pyrrole nitrogens is 1. The van der Waals surface area contributed by atoms with Crippen LogP contribution in [-0.4, -0.2) is 29.2 Å². The van der Waals surface area contributed by atoms with Crippen molar-refractivity contribution in [2.75, 3.05) is 24.2 Å². The molecule has 0 radical (unpaired) electrons. The third-order valence-electron chi connectivity index (χ3n) is 3.56. The van der Waals surface area contributed by atoms with Crippen molar-refractivity contribution in [3.8, 4) is 0 Å². The number of nitrogens with zero attached hydrogens (tertiary/aromatic N) is 1. The summed E-state index contributed by atoms with van der Waals surface area (Å²) in [4.78, 5) is 7.65. The van der Waals surface area contributed by atoms with Gasteiger partial charge in [-0.05, 0) is 31.0 Å². The van der Waals surface area contributed by atoms with Crippen molar-refractivity contribution in [3.63, 3.8) is 0 Å². The Labute approximate surface area is 112 Å². The third kappa shape index (κ3) is 2.98. The second-order valence-electron chi connectivity index (χ2n) is 5.07. The number of hydrogen-bond donors (Lipinski definition) is 3. The highest BCUT2D eigenvalue weighted by Gasteiger charge is 2.14. The van der Waals surface area contributed by atoms with Crippen LogP contribution in [0.5, 0.6) is 0 Å². The molecule has 4 N–H and O–H groups in total. The number of aromatic nitrogens is 2. The molecule has 2 aromatic rings. The number of ether oxygens (including phenoxy) is 1. The molecule has 1 aromatic carbocycles. The van der Waals surface area contributed by atoms with E-state index >= 15 is 0 Å². The number of nitrogens with two attached hydrogens (primary N) is 1. The summed E-state index contributed by atoms with van der Waals surface area (Å²) in [7, 11) is 0. The first kappa shape index (κ1) is 12.3. The molecule has 1 heterocycles. The first-order valence-electron chi connectivity index (χ1n) is 6.92. The van der Waals surface area contributed by atoms with E-state index in [1.54, 1.807) is 0 Å². The van der Waals surface area contributed by atoms with Gasteiger partial charge in [-0.2, -0.15) is 0 Å². The molecule has 0 spiro atoms. The topological polar surface area (TPSA) is 76.0 Å². The molecule has 1 saturated carbocycles. The molecule has 0 saturated heterocycles. The minimum Gasteiger partial charge on any atom is -0.399 e. The molecule has 19 heavy (non-hydrogen) atoms. The number of hydrogen-bond acceptors (Lipinski definition) is 4. The molecule has 102 valence electrons. The van der Waals surface area contributed by atoms with Crippen LogP contribution in [0, 0.1) is 0 Å². The zero-order valence-corrected chi connectivity index (χ0v) is 11.0. The summed E-state index contributed by atoms with van der Waals surface area (Å²) < 4.78 is 5.79. The summed E-state index contributed by atoms with van der Waals surface area (Å²) in [5.41, 5.74) is 8.36. The van der Waals surface area contributed by atoms with E-state index in [9.17, 15) is 0 Å². The predicted molar refractivity (Wildman–Crippen MR) is 77.2 cm³/mol. The number of aromatic amines is 1. The quantitative estimate of drug-likeness (QED) is 0.570. The van der Waals surface area contributed by atoms with E-state index < -0.39 is 0 Å². The second-order valence-corrected chi connectivity index (χ2v) is 5.07. The molecule has 1 aliphatic rings. The molecule has 0 atom stereocenters. The van der Waals surface area contributed by atoms with Crippen molar-refractivity contribution in [1.29, 1.82) is 0 Å². The monoisotopic (exact) mass is 260 g/mol. The van der Waals surface area contributed by atoms with Gasteiger partial charge in [-0.1, -0.05) is 12.8 Å². The van der Waals surface area contributed by atoms with Crippen LogP contribution in [0.15, 0.2) is 18.2 Å². The van der Waals surface area contributed by atoms with Gasteiger partial charge in [0.2, 0.25) is 5.95 Å². The first-order chi connectivity index (χ1) is 9.31. The largest absolute Gasteiger partial charge is 0.399 e. The van der Waals surface area contributed by atoms with E-state index in [2.05, 4.69) is 15.3 Å². The number of nitrogen functional groups attached to an aromatic ring is 1. The Morgan fingerprint density at radius 2 is 2.21 bits per heavy atom. The van der Waals surface area contributed by atoms with Crippen LogP contribution in [0.2, 0.25) is 0 Å². The van der Waals surface area contributed by atoms with Gasteiger partial charge in [-0.3, -0.25) is 0 Å². The molecule has 0 amide bonds. The molecule has 1 aliphatic carbocycles. The normalized spacial score (nSPS) is 16.2. The molecule has 0 bridgehead atoms. The molecule has 0 aliphatic heterocycles. The number of nitrogens with one attached hydrogen (secondary N) is 2. The zero-order valence-electron chi connectivity index (χ0n) is 11.0. The maximum Gasteiger partial charge on any atom is 0.201 e. The molecular weight excluding hydrogens is 240 g/mol. The molecule has 0 unspecified atom stereocenters. The summed E-state index contributed by atoms with van der Waals surface area (Å²) >= 11 is 0. The van der Waals surface area contributed by atoms with Crippen molar-refractivity contribution in [2.45, 2.75) is 31.8 Å². The lowest BCUT2D eigenvalue weighted by Gasteiger charge is -2.10. The van der Waals surface area contributed by atoms with Gasteiger partial charge in [-0.15, -0.1) is 0 Å². The summed E-state index contributed by atoms with van der Waals surface area (Å²) in [6, 6.07) is 5.67. The van der Waals surface area contributed by atoms with E-state index in [0.717, 1.165) is 35.8 Å². The van der Waals surface area contributed by atoms with Gasteiger partial charge in [0, 0.05) is 12.2 Å². The van der Waals surface area contributed by atoms with Crippen LogP contribution < -0.4 is 11.1 Å². The molecular formula is C14H20N4O. The van der Waals surface area contributed by atoms with Crippen LogP contribution in [0.3, 0.4) is 0 Å². The summed E-state index contributed by atoms with van der Waals surface area (Å²) in [6.07, 6.45) is 5.51. The van der Waals surface area contributed by atoms with Crippen LogP contribution >= 0.6 is 0 Å². The highest BCUT2D eigenvalue weighted by Crippen LogP contribution is 2.20. The lowest BCUT2D eigenvalue weighted by Crippen LogP contribution is -2.15. The molecule has 5 heteroatoms. The Bertz CT molecular complexity index is 545. The highest BCUT2D eigenvalue weighted by atomic mass is 16.5. The number of benzene rings is 1. The highest BCUT2D eigenvalue weighted by molar-refractivity contribution is 5.80. The Morgan fingerprint density at radius 3 is 3.05 bits per heavy atom. The second kappa shape index (κ2) is 5.48. The van der Waals surface area contributed by atoms with Gasteiger partial charge in [-0.25, -0.2) is 4.98 Å². The first-order valence-corrected chi connectivity index (χ1v) is 6.92. The Hall–Kier alpha value is -1.75. The maximum atomic E-state index is 5.79. The van der Waals surface area contributed by atoms with E-state index in [0.29, 0.717) is 6.10 Å². The van der Waals surface area contributed by atoms with Gasteiger partial charge in [0.05, 0.1) is 23.7 Å². The summed E-state index contributed by atoms with van der Waals surface area (Å²) in [6.45, 7) is 1.50. The van der Waals surface area contributed by atoms with Crippen molar-refractivity contribution in [2.24, 2.45) is 0 Å². The standard InChI is InChI=1S/C14H20N4O/c15-10-5-6-12-13(9-10)18-14(17-12)16-7-8-19-11-3-1-2-4-11/h5-6,9,11H,1-4,7-8,15H2,(H2,16,17,18). The van der Waals surface area contributed by atoms with Crippen molar-refractivity contribution in [1.82, 2.24) is 9.97 Å². The summed E-state index contributed by atoms with van der Waals surface area (Å²) in [5, 5.41) is 3.25. The molecule has 1 aromatic heterocycles. The van der Waals surface area contributed by atoms with Gasteiger partial charge in [0.15, 0.2) is 0 Å². The van der Waals surface area contributed by atoms with E-state index in [1.165, 1.54) is 25.7 Å². The van der Waals surface area contributed by atoms with E-state index in [-0.39, 0.29) is 0 Å². The van der Waals surface area contributed by atoms with Crippen LogP contribution in [-0.2, 0) is 4.74 Å². The smallest absolute Gasteiger partial charge is 0.201 e. The maximum absolute atomic E-state index is 5.79. The number of rotatable bonds is 5. The minimum atomic E-state index is 0.470. The minimum absolute atomic E-state index is 0.470. The predicted octanol–water partition coefficient (Wildman–Crippen LogP) is 2.52. The summed E-state index contributed by atoms with van der Waals surface area (Å²) in [5.74, 6) is 0.774. The molecule has 1 fully saturated rings. The van der Waals surface area contributed by atoms with E-state index in [1.807, 2.05) is 18.2 Å². The van der Waals surface area contributed by atoms with Crippen molar-refractivity contribution in [3.05, 3.63) is 18.2 Å². The number of imidazole rings is 1. The lowest BCUT2D eigenvalue weighted by atomic mass is 10.3. The fraction of sp³-hybridized carbons (Fsp3) is 0.500. The van der Waals surface area contributed by atoms with E-state index in [4.69, 9.17) is 10.5 Å². The Kier molecular flexibility index (Phi) is 3.55.